The smallest absolute Gasteiger partial charge is 0.244 e. The number of sulfonamides is 1. The van der Waals surface area contributed by atoms with Gasteiger partial charge in [0.05, 0.1) is 10.1 Å². The SMILES string of the molecule is CCc1ccc(C(=O)C(C)Sc2nnc3ccc(S(=O)(=O)N(CC)CC)cn23)cc1. The van der Waals surface area contributed by atoms with Crippen molar-refractivity contribution in [1.29, 1.82) is 0 Å². The maximum Gasteiger partial charge on any atom is 0.244 e. The Morgan fingerprint density at radius 1 is 1.07 bits per heavy atom. The van der Waals surface area contributed by atoms with Crippen LogP contribution in [0.1, 0.15) is 43.6 Å². The molecule has 0 spiro atoms. The van der Waals surface area contributed by atoms with E-state index in [0.717, 1.165) is 6.42 Å². The van der Waals surface area contributed by atoms with Crippen molar-refractivity contribution in [1.82, 2.24) is 18.9 Å². The number of ketones is 1. The van der Waals surface area contributed by atoms with Gasteiger partial charge in [-0.1, -0.05) is 56.8 Å². The molecule has 30 heavy (non-hydrogen) atoms. The number of benzene rings is 1. The van der Waals surface area contributed by atoms with Crippen molar-refractivity contribution >= 4 is 33.2 Å². The molecule has 0 saturated heterocycles. The molecule has 1 aromatic carbocycles. The number of fused-ring (bicyclic) bond motifs is 1. The highest BCUT2D eigenvalue weighted by atomic mass is 32.2. The lowest BCUT2D eigenvalue weighted by molar-refractivity contribution is 0.0994. The highest BCUT2D eigenvalue weighted by Crippen LogP contribution is 2.26. The molecule has 0 N–H and O–H groups in total. The summed E-state index contributed by atoms with van der Waals surface area (Å²) in [5.74, 6) is -0.00804. The summed E-state index contributed by atoms with van der Waals surface area (Å²) < 4.78 is 28.7. The van der Waals surface area contributed by atoms with E-state index in [1.165, 1.54) is 33.9 Å². The summed E-state index contributed by atoms with van der Waals surface area (Å²) in [6.45, 7) is 8.28. The first-order chi connectivity index (χ1) is 14.3. The van der Waals surface area contributed by atoms with Crippen LogP contribution in [0.5, 0.6) is 0 Å². The molecule has 0 bridgehead atoms. The van der Waals surface area contributed by atoms with E-state index in [1.54, 1.807) is 24.3 Å². The molecular weight excluding hydrogens is 420 g/mol. The fraction of sp³-hybridized carbons (Fsp3) is 0.381. The first-order valence-electron chi connectivity index (χ1n) is 9.96. The van der Waals surface area contributed by atoms with Gasteiger partial charge in [-0.25, -0.2) is 8.42 Å². The summed E-state index contributed by atoms with van der Waals surface area (Å²) in [5.41, 5.74) is 2.35. The van der Waals surface area contributed by atoms with Gasteiger partial charge in [-0.05, 0) is 31.0 Å². The fourth-order valence-corrected chi connectivity index (χ4v) is 5.51. The van der Waals surface area contributed by atoms with Crippen LogP contribution < -0.4 is 0 Å². The Bertz CT molecular complexity index is 1140. The number of pyridine rings is 1. The van der Waals surface area contributed by atoms with Gasteiger partial charge >= 0.3 is 0 Å². The maximum absolute atomic E-state index is 12.8. The highest BCUT2D eigenvalue weighted by Gasteiger charge is 2.24. The number of nitrogens with zero attached hydrogens (tertiary/aromatic N) is 4. The molecule has 160 valence electrons. The van der Waals surface area contributed by atoms with Crippen molar-refractivity contribution in [2.24, 2.45) is 0 Å². The molecule has 3 rings (SSSR count). The number of aryl methyl sites for hydroxylation is 1. The van der Waals surface area contributed by atoms with Crippen LogP contribution in [-0.4, -0.2) is 51.4 Å². The van der Waals surface area contributed by atoms with Crippen LogP contribution in [-0.2, 0) is 16.4 Å². The number of aromatic nitrogens is 3. The number of thioether (sulfide) groups is 1. The quantitative estimate of drug-likeness (QED) is 0.368. The Morgan fingerprint density at radius 2 is 1.73 bits per heavy atom. The molecule has 0 amide bonds. The van der Waals surface area contributed by atoms with Crippen LogP contribution >= 0.6 is 11.8 Å². The van der Waals surface area contributed by atoms with E-state index in [-0.39, 0.29) is 10.7 Å². The number of hydrogen-bond donors (Lipinski definition) is 0. The fourth-order valence-electron chi connectivity index (χ4n) is 3.15. The number of carbonyl (C=O) groups is 1. The lowest BCUT2D eigenvalue weighted by atomic mass is 10.1. The second kappa shape index (κ2) is 9.28. The van der Waals surface area contributed by atoms with Crippen LogP contribution in [0.3, 0.4) is 0 Å². The molecular formula is C21H26N4O3S2. The first-order valence-corrected chi connectivity index (χ1v) is 12.3. The summed E-state index contributed by atoms with van der Waals surface area (Å²) in [7, 11) is -3.60. The molecule has 0 radical (unpaired) electrons. The van der Waals surface area contributed by atoms with Crippen LogP contribution in [0, 0.1) is 0 Å². The number of Topliss-reactive ketones (excluding diaryl/α,β-unsaturated/α-hetero) is 1. The number of carbonyl (C=O) groups excluding carboxylic acids is 1. The van der Waals surface area contributed by atoms with Gasteiger partial charge in [-0.3, -0.25) is 9.20 Å². The second-order valence-corrected chi connectivity index (χ2v) is 10.1. The van der Waals surface area contributed by atoms with Gasteiger partial charge in [0, 0.05) is 24.8 Å². The molecule has 1 unspecified atom stereocenters. The highest BCUT2D eigenvalue weighted by molar-refractivity contribution is 8.00. The van der Waals surface area contributed by atoms with E-state index in [9.17, 15) is 13.2 Å². The Kier molecular flexibility index (Phi) is 6.95. The van der Waals surface area contributed by atoms with Crippen molar-refractivity contribution in [2.45, 2.75) is 49.4 Å². The zero-order chi connectivity index (χ0) is 21.9. The van der Waals surface area contributed by atoms with Gasteiger partial charge < -0.3 is 0 Å². The Labute approximate surface area is 181 Å². The molecule has 2 aromatic heterocycles. The lowest BCUT2D eigenvalue weighted by Crippen LogP contribution is -2.30. The van der Waals surface area contributed by atoms with Crippen molar-refractivity contribution in [2.75, 3.05) is 13.1 Å². The summed E-state index contributed by atoms with van der Waals surface area (Å²) in [5, 5.41) is 8.35. The minimum Gasteiger partial charge on any atom is -0.293 e. The average molecular weight is 447 g/mol. The van der Waals surface area contributed by atoms with Crippen molar-refractivity contribution in [3.05, 3.63) is 53.7 Å². The zero-order valence-corrected chi connectivity index (χ0v) is 19.2. The minimum absolute atomic E-state index is 0.00804. The van der Waals surface area contributed by atoms with E-state index in [4.69, 9.17) is 0 Å². The van der Waals surface area contributed by atoms with Gasteiger partial charge in [0.25, 0.3) is 0 Å². The van der Waals surface area contributed by atoms with Gasteiger partial charge in [0.15, 0.2) is 16.6 Å². The normalized spacial score (nSPS) is 13.1. The standard InChI is InChI=1S/C21H26N4O3S2/c1-5-16-8-10-17(11-9-16)20(26)15(4)29-21-23-22-19-13-12-18(14-25(19)21)30(27,28)24(6-2)7-3/h8-15H,5-7H2,1-4H3. The molecule has 0 saturated carbocycles. The predicted octanol–water partition coefficient (Wildman–Crippen LogP) is 3.69. The first kappa shape index (κ1) is 22.5. The van der Waals surface area contributed by atoms with E-state index < -0.39 is 15.3 Å². The van der Waals surface area contributed by atoms with Gasteiger partial charge in [0.2, 0.25) is 10.0 Å². The summed E-state index contributed by atoms with van der Waals surface area (Å²) in [6.07, 6.45) is 2.45. The molecule has 0 aliphatic heterocycles. The minimum atomic E-state index is -3.60. The Balaban J connectivity index is 1.88. The van der Waals surface area contributed by atoms with E-state index in [1.807, 2.05) is 31.2 Å². The van der Waals surface area contributed by atoms with Crippen molar-refractivity contribution < 1.29 is 13.2 Å². The average Bonchev–Trinajstić information content (AvgIpc) is 3.16. The number of rotatable bonds is 9. The van der Waals surface area contributed by atoms with Gasteiger partial charge in [0.1, 0.15) is 0 Å². The van der Waals surface area contributed by atoms with E-state index >= 15 is 0 Å². The third kappa shape index (κ3) is 4.43. The van der Waals surface area contributed by atoms with Crippen LogP contribution in [0.15, 0.2) is 52.6 Å². The predicted molar refractivity (Wildman–Crippen MR) is 119 cm³/mol. The van der Waals surface area contributed by atoms with Gasteiger partial charge in [-0.2, -0.15) is 4.31 Å². The molecule has 7 nitrogen and oxygen atoms in total. The third-order valence-electron chi connectivity index (χ3n) is 4.99. The molecule has 0 aliphatic carbocycles. The summed E-state index contributed by atoms with van der Waals surface area (Å²) >= 11 is 1.26. The summed E-state index contributed by atoms with van der Waals surface area (Å²) in [6, 6.07) is 10.8. The van der Waals surface area contributed by atoms with Crippen LogP contribution in [0.25, 0.3) is 5.65 Å². The lowest BCUT2D eigenvalue weighted by Gasteiger charge is -2.18. The van der Waals surface area contributed by atoms with E-state index in [2.05, 4.69) is 17.1 Å². The van der Waals surface area contributed by atoms with Gasteiger partial charge in [-0.15, -0.1) is 10.2 Å². The summed E-state index contributed by atoms with van der Waals surface area (Å²) in [4.78, 5) is 13.0. The molecule has 9 heteroatoms. The molecule has 2 heterocycles. The topological polar surface area (TPSA) is 84.6 Å². The van der Waals surface area contributed by atoms with Crippen LogP contribution in [0.2, 0.25) is 0 Å². The van der Waals surface area contributed by atoms with Crippen molar-refractivity contribution in [3.8, 4) is 0 Å². The maximum atomic E-state index is 12.8. The molecule has 0 aliphatic rings. The Hall–Kier alpha value is -2.23. The van der Waals surface area contributed by atoms with E-state index in [0.29, 0.717) is 29.5 Å². The molecule has 1 atom stereocenters. The second-order valence-electron chi connectivity index (χ2n) is 6.84. The Morgan fingerprint density at radius 3 is 2.33 bits per heavy atom. The monoisotopic (exact) mass is 446 g/mol. The molecule has 3 aromatic rings. The zero-order valence-electron chi connectivity index (χ0n) is 17.6. The third-order valence-corrected chi connectivity index (χ3v) is 8.08. The molecule has 0 fully saturated rings. The largest absolute Gasteiger partial charge is 0.293 e. The van der Waals surface area contributed by atoms with Crippen LogP contribution in [0.4, 0.5) is 0 Å². The number of hydrogen-bond acceptors (Lipinski definition) is 6. The van der Waals surface area contributed by atoms with Crippen molar-refractivity contribution in [3.63, 3.8) is 0 Å².